The van der Waals surface area contributed by atoms with E-state index < -0.39 is 6.04 Å². The maximum Gasteiger partial charge on any atom is 0.245 e. The standard InChI is InChI=1S/C30H34N8O3/c1-7-9-21(31-8-2)29(41)23-11-30(4)12-25(30)38(23)27(40)17-37-24-15-32-22(10-20(24)28(35-37)18(3)39)19-13-33-26(34-14-19)16-36(5)6/h7-10,13-15,23,25H,2,11-12,16-17H2,1,3-6H3/b9-7-,31-21?/t23-,25+,30-/m0/s1. The van der Waals surface area contributed by atoms with Crippen LogP contribution in [0.2, 0.25) is 0 Å². The molecule has 0 unspecified atom stereocenters. The van der Waals surface area contributed by atoms with E-state index in [0.29, 0.717) is 41.0 Å². The van der Waals surface area contributed by atoms with Gasteiger partial charge in [-0.15, -0.1) is 0 Å². The maximum absolute atomic E-state index is 13.8. The monoisotopic (exact) mass is 554 g/mol. The van der Waals surface area contributed by atoms with Gasteiger partial charge >= 0.3 is 0 Å². The second-order valence-corrected chi connectivity index (χ2v) is 11.2. The first-order valence-corrected chi connectivity index (χ1v) is 13.6. The molecule has 2 fully saturated rings. The van der Waals surface area contributed by atoms with Crippen LogP contribution in [0.5, 0.6) is 0 Å². The second kappa shape index (κ2) is 10.9. The van der Waals surface area contributed by atoms with Gasteiger partial charge in [0.2, 0.25) is 11.7 Å². The number of aromatic nitrogens is 5. The summed E-state index contributed by atoms with van der Waals surface area (Å²) in [6.45, 7) is 9.46. The third-order valence-corrected chi connectivity index (χ3v) is 7.75. The molecule has 4 heterocycles. The van der Waals surface area contributed by atoms with Gasteiger partial charge in [-0.2, -0.15) is 5.10 Å². The first-order valence-electron chi connectivity index (χ1n) is 13.6. The smallest absolute Gasteiger partial charge is 0.245 e. The molecule has 2 aliphatic rings. The molecule has 0 N–H and O–H groups in total. The van der Waals surface area contributed by atoms with Crippen LogP contribution in [0.3, 0.4) is 0 Å². The molecule has 0 aromatic carbocycles. The molecule has 1 aliphatic carbocycles. The summed E-state index contributed by atoms with van der Waals surface area (Å²) in [4.78, 5) is 61.0. The first-order chi connectivity index (χ1) is 19.6. The Labute approximate surface area is 238 Å². The Morgan fingerprint density at radius 2 is 1.90 bits per heavy atom. The lowest BCUT2D eigenvalue weighted by Gasteiger charge is -2.26. The summed E-state index contributed by atoms with van der Waals surface area (Å²) in [6.07, 6.45) is 11.2. The zero-order chi connectivity index (χ0) is 29.5. The average molecular weight is 555 g/mol. The number of fused-ring (bicyclic) bond motifs is 2. The predicted molar refractivity (Wildman–Crippen MR) is 155 cm³/mol. The number of hydrogen-bond donors (Lipinski definition) is 0. The van der Waals surface area contributed by atoms with Crippen LogP contribution in [0.15, 0.2) is 54.6 Å². The molecule has 11 nitrogen and oxygen atoms in total. The Hall–Kier alpha value is -4.38. The fraction of sp³-hybridized carbons (Fsp3) is 0.400. The van der Waals surface area contributed by atoms with E-state index in [-0.39, 0.29) is 46.9 Å². The van der Waals surface area contributed by atoms with Gasteiger partial charge in [0, 0.05) is 42.5 Å². The van der Waals surface area contributed by atoms with E-state index in [2.05, 4.69) is 38.5 Å². The second-order valence-electron chi connectivity index (χ2n) is 11.2. The number of amides is 1. The predicted octanol–water partition coefficient (Wildman–Crippen LogP) is 3.26. The molecular formula is C30H34N8O3. The lowest BCUT2D eigenvalue weighted by molar-refractivity contribution is -0.137. The quantitative estimate of drug-likeness (QED) is 0.276. The van der Waals surface area contributed by atoms with Gasteiger partial charge in [-0.1, -0.05) is 19.6 Å². The summed E-state index contributed by atoms with van der Waals surface area (Å²) in [5.74, 6) is 0.0253. The molecule has 3 atom stereocenters. The van der Waals surface area contributed by atoms with Gasteiger partial charge in [-0.25, -0.2) is 9.97 Å². The van der Waals surface area contributed by atoms with Gasteiger partial charge < -0.3 is 9.80 Å². The summed E-state index contributed by atoms with van der Waals surface area (Å²) in [6, 6.07) is 1.14. The third-order valence-electron chi connectivity index (χ3n) is 7.75. The van der Waals surface area contributed by atoms with Gasteiger partial charge in [0.05, 0.1) is 30.0 Å². The number of hydrogen-bond acceptors (Lipinski definition) is 9. The van der Waals surface area contributed by atoms with E-state index in [1.807, 2.05) is 25.9 Å². The van der Waals surface area contributed by atoms with Crippen molar-refractivity contribution in [2.75, 3.05) is 14.1 Å². The molecule has 1 saturated heterocycles. The first kappa shape index (κ1) is 28.2. The molecule has 0 radical (unpaired) electrons. The topological polar surface area (TPSA) is 127 Å². The molecular weight excluding hydrogens is 520 g/mol. The largest absolute Gasteiger partial charge is 0.327 e. The number of nitrogens with zero attached hydrogens (tertiary/aromatic N) is 8. The summed E-state index contributed by atoms with van der Waals surface area (Å²) in [5.41, 5.74) is 2.29. The molecule has 212 valence electrons. The van der Waals surface area contributed by atoms with Crippen molar-refractivity contribution < 1.29 is 14.4 Å². The minimum atomic E-state index is -0.615. The minimum Gasteiger partial charge on any atom is -0.327 e. The van der Waals surface area contributed by atoms with E-state index in [0.717, 1.165) is 6.42 Å². The molecule has 3 aromatic heterocycles. The molecule has 3 aromatic rings. The number of piperidine rings is 1. The van der Waals surface area contributed by atoms with Crippen molar-refractivity contribution in [1.29, 1.82) is 0 Å². The molecule has 1 aliphatic heterocycles. The van der Waals surface area contributed by atoms with Crippen LogP contribution in [0, 0.1) is 5.41 Å². The average Bonchev–Trinajstić information content (AvgIpc) is 3.30. The fourth-order valence-electron chi connectivity index (χ4n) is 5.65. The fourth-order valence-corrected chi connectivity index (χ4v) is 5.65. The number of rotatable bonds is 10. The summed E-state index contributed by atoms with van der Waals surface area (Å²) >= 11 is 0. The number of allylic oxidation sites excluding steroid dienone is 2. The van der Waals surface area contributed by atoms with E-state index in [9.17, 15) is 14.4 Å². The van der Waals surface area contributed by atoms with Crippen molar-refractivity contribution >= 4 is 34.1 Å². The third kappa shape index (κ3) is 5.37. The van der Waals surface area contributed by atoms with Crippen LogP contribution >= 0.6 is 0 Å². The zero-order valence-electron chi connectivity index (χ0n) is 24.0. The van der Waals surface area contributed by atoms with E-state index in [1.54, 1.807) is 41.7 Å². The highest BCUT2D eigenvalue weighted by Gasteiger charge is 2.64. The number of carbonyl (C=O) groups excluding carboxylic acids is 3. The lowest BCUT2D eigenvalue weighted by Crippen LogP contribution is -2.46. The number of pyridine rings is 1. The Morgan fingerprint density at radius 3 is 2.54 bits per heavy atom. The highest BCUT2D eigenvalue weighted by molar-refractivity contribution is 6.46. The van der Waals surface area contributed by atoms with Crippen LogP contribution in [0.1, 0.15) is 49.9 Å². The Bertz CT molecular complexity index is 1600. The van der Waals surface area contributed by atoms with Crippen molar-refractivity contribution in [2.24, 2.45) is 10.4 Å². The molecule has 11 heteroatoms. The van der Waals surface area contributed by atoms with Crippen molar-refractivity contribution in [3.8, 4) is 11.3 Å². The molecule has 0 bridgehead atoms. The molecule has 1 saturated carbocycles. The molecule has 41 heavy (non-hydrogen) atoms. The maximum atomic E-state index is 13.8. The van der Waals surface area contributed by atoms with E-state index in [4.69, 9.17) is 0 Å². The normalized spacial score (nSPS) is 22.0. The van der Waals surface area contributed by atoms with Crippen molar-refractivity contribution in [2.45, 2.75) is 58.8 Å². The molecule has 5 rings (SSSR count). The van der Waals surface area contributed by atoms with Gasteiger partial charge in [0.15, 0.2) is 5.78 Å². The van der Waals surface area contributed by atoms with E-state index in [1.165, 1.54) is 17.8 Å². The SMILES string of the molecule is C=CN=C(/C=C\C)C(=O)[C@@H]1C[C@@]2(C)C[C@H]2N1C(=O)Cn1nc(C(C)=O)c2cc(-c3cnc(CN(C)C)nc3)ncc21. The van der Waals surface area contributed by atoms with Gasteiger partial charge in [0.25, 0.3) is 0 Å². The molecule has 1 amide bonds. The number of carbonyl (C=O) groups is 3. The Balaban J connectivity index is 1.45. The van der Waals surface area contributed by atoms with Crippen molar-refractivity contribution in [3.63, 3.8) is 0 Å². The van der Waals surface area contributed by atoms with Crippen LogP contribution in [-0.2, 0) is 22.7 Å². The number of ketones is 2. The van der Waals surface area contributed by atoms with Crippen LogP contribution in [-0.4, -0.2) is 83.9 Å². The van der Waals surface area contributed by atoms with Crippen molar-refractivity contribution in [3.05, 3.63) is 61.1 Å². The number of Topliss-reactive ketones (excluding diaryl/α,β-unsaturated/α-hetero) is 2. The lowest BCUT2D eigenvalue weighted by atomic mass is 9.97. The van der Waals surface area contributed by atoms with Crippen LogP contribution < -0.4 is 0 Å². The van der Waals surface area contributed by atoms with Crippen molar-refractivity contribution in [1.82, 2.24) is 34.5 Å². The zero-order valence-corrected chi connectivity index (χ0v) is 24.0. The summed E-state index contributed by atoms with van der Waals surface area (Å²) in [7, 11) is 3.89. The summed E-state index contributed by atoms with van der Waals surface area (Å²) < 4.78 is 1.51. The number of likely N-dealkylation sites (tertiary alicyclic amines) is 1. The Kier molecular flexibility index (Phi) is 7.48. The Morgan fingerprint density at radius 1 is 1.17 bits per heavy atom. The minimum absolute atomic E-state index is 0.0196. The van der Waals surface area contributed by atoms with Gasteiger partial charge in [-0.05, 0) is 51.4 Å². The molecule has 0 spiro atoms. The van der Waals surface area contributed by atoms with Gasteiger partial charge in [0.1, 0.15) is 23.8 Å². The van der Waals surface area contributed by atoms with Gasteiger partial charge in [-0.3, -0.25) is 29.0 Å². The highest BCUT2D eigenvalue weighted by atomic mass is 16.2. The van der Waals surface area contributed by atoms with Crippen LogP contribution in [0.4, 0.5) is 0 Å². The highest BCUT2D eigenvalue weighted by Crippen LogP contribution is 2.59. The van der Waals surface area contributed by atoms with E-state index >= 15 is 0 Å². The summed E-state index contributed by atoms with van der Waals surface area (Å²) in [5, 5.41) is 5.10. The number of aliphatic imine (C=N–C) groups is 1. The van der Waals surface area contributed by atoms with Crippen LogP contribution in [0.25, 0.3) is 22.2 Å².